The molecule has 0 fully saturated rings. The molecule has 164 valence electrons. The summed E-state index contributed by atoms with van der Waals surface area (Å²) in [5.41, 5.74) is 1.87. The number of ether oxygens (including phenoxy) is 1. The third-order valence-electron chi connectivity index (χ3n) is 3.78. The minimum atomic E-state index is -1.36. The van der Waals surface area contributed by atoms with Gasteiger partial charge in [0.15, 0.2) is 0 Å². The predicted octanol–water partition coefficient (Wildman–Crippen LogP) is 0.845. The van der Waals surface area contributed by atoms with Crippen LogP contribution in [0.15, 0.2) is 64.4 Å². The number of benzene rings is 2. The van der Waals surface area contributed by atoms with Gasteiger partial charge in [-0.15, -0.1) is 23.5 Å². The van der Waals surface area contributed by atoms with E-state index in [9.17, 15) is 19.5 Å². The van der Waals surface area contributed by atoms with Gasteiger partial charge in [-0.25, -0.2) is 4.79 Å². The summed E-state index contributed by atoms with van der Waals surface area (Å²) < 4.78 is 5.18. The Labute approximate surface area is 207 Å². The molecule has 2 amide bonds. The number of nitrogens with one attached hydrogen (secondary N) is 2. The van der Waals surface area contributed by atoms with Gasteiger partial charge in [0.25, 0.3) is 5.91 Å². The van der Waals surface area contributed by atoms with Crippen molar-refractivity contribution in [1.82, 2.24) is 0 Å². The monoisotopic (exact) mass is 466 g/mol. The third kappa shape index (κ3) is 9.05. The molecule has 0 saturated heterocycles. The van der Waals surface area contributed by atoms with Gasteiger partial charge in [-0.05, 0) is 41.3 Å². The van der Waals surface area contributed by atoms with E-state index >= 15 is 0 Å². The molecule has 0 atom stereocenters. The fourth-order valence-electron chi connectivity index (χ4n) is 2.44. The van der Waals surface area contributed by atoms with Crippen molar-refractivity contribution in [2.75, 3.05) is 22.1 Å². The number of anilines is 2. The Balaban J connectivity index is 0.00000512. The Morgan fingerprint density at radius 2 is 1.41 bits per heavy atom. The van der Waals surface area contributed by atoms with Crippen LogP contribution in [-0.4, -0.2) is 29.5 Å². The minimum Gasteiger partial charge on any atom is -0.544 e. The van der Waals surface area contributed by atoms with Gasteiger partial charge in [-0.3, -0.25) is 10.1 Å². The Morgan fingerprint density at radius 3 is 1.97 bits per heavy atom. The summed E-state index contributed by atoms with van der Waals surface area (Å²) in [5.74, 6) is -0.806. The van der Waals surface area contributed by atoms with Crippen molar-refractivity contribution in [3.63, 3.8) is 0 Å². The number of hydrogen-bond donors (Lipinski definition) is 2. The molecule has 2 rings (SSSR count). The smallest absolute Gasteiger partial charge is 0.544 e. The molecule has 2 aromatic rings. The van der Waals surface area contributed by atoms with Gasteiger partial charge in [-0.2, -0.15) is 0 Å². The van der Waals surface area contributed by atoms with E-state index in [1.165, 1.54) is 0 Å². The Morgan fingerprint density at radius 1 is 0.844 bits per heavy atom. The molecule has 32 heavy (non-hydrogen) atoms. The van der Waals surface area contributed by atoms with E-state index < -0.39 is 18.0 Å². The minimum absolute atomic E-state index is 0. The zero-order chi connectivity index (χ0) is 22.6. The number of hydrogen-bond acceptors (Lipinski definition) is 7. The fourth-order valence-corrected chi connectivity index (χ4v) is 4.11. The van der Waals surface area contributed by atoms with Crippen LogP contribution in [-0.2, 0) is 20.9 Å². The number of para-hydroxylation sites is 1. The van der Waals surface area contributed by atoms with E-state index in [1.54, 1.807) is 55.5 Å². The largest absolute Gasteiger partial charge is 1.00 e. The summed E-state index contributed by atoms with van der Waals surface area (Å²) in [5, 5.41) is 16.7. The van der Waals surface area contributed by atoms with Crippen LogP contribution in [0.2, 0.25) is 0 Å². The molecule has 0 bridgehead atoms. The topological polar surface area (TPSA) is 108 Å². The second-order valence-electron chi connectivity index (χ2n) is 6.03. The van der Waals surface area contributed by atoms with E-state index in [0.29, 0.717) is 22.9 Å². The maximum atomic E-state index is 12.6. The van der Waals surface area contributed by atoms with E-state index in [-0.39, 0.29) is 35.3 Å². The maximum Gasteiger partial charge on any atom is 1.00 e. The van der Waals surface area contributed by atoms with E-state index in [0.717, 1.165) is 29.1 Å². The van der Waals surface area contributed by atoms with Gasteiger partial charge in [0.1, 0.15) is 6.61 Å². The Bertz CT molecular complexity index is 937. The predicted molar refractivity (Wildman–Crippen MR) is 124 cm³/mol. The van der Waals surface area contributed by atoms with E-state index in [4.69, 9.17) is 4.74 Å². The van der Waals surface area contributed by atoms with Crippen LogP contribution in [0, 0.1) is 0 Å². The van der Waals surface area contributed by atoms with Gasteiger partial charge in [-0.1, -0.05) is 44.2 Å². The van der Waals surface area contributed by atoms with Crippen LogP contribution in [0.5, 0.6) is 0 Å². The molecule has 0 aromatic heterocycles. The summed E-state index contributed by atoms with van der Waals surface area (Å²) in [6, 6.07) is 15.7. The number of carboxylic acid groups (broad SMARTS) is 1. The second-order valence-corrected chi connectivity index (χ2v) is 8.58. The number of carbonyl (C=O) groups excluding carboxylic acids is 3. The number of amides is 2. The van der Waals surface area contributed by atoms with Crippen LogP contribution in [0.3, 0.4) is 0 Å². The molecule has 0 aliphatic heterocycles. The molecule has 0 radical (unpaired) electrons. The Kier molecular flexibility index (Phi) is 12.7. The molecular formula is C22H23LiN2O5S2. The number of aliphatic carboxylic acids is 1. The molecule has 7 nitrogen and oxygen atoms in total. The Hall–Kier alpha value is -2.31. The summed E-state index contributed by atoms with van der Waals surface area (Å²) in [6.07, 6.45) is -0.571. The standard InChI is InChI=1S/C22H24N2O5S2.Li/c1-3-30-18(19(21(26)27)31-4-2)20(25)23-17-12-10-15(11-13-17)14-29-22(28)24-16-8-6-5-7-9-16;/h5-13H,3-4,14H2,1-2H3,(H,23,25)(H,24,28)(H,26,27);/q;+1/p-1/b19-18-;. The molecule has 0 saturated carbocycles. The van der Waals surface area contributed by atoms with Crippen molar-refractivity contribution in [2.24, 2.45) is 0 Å². The summed E-state index contributed by atoms with van der Waals surface area (Å²) >= 11 is 2.22. The molecular weight excluding hydrogens is 443 g/mol. The van der Waals surface area contributed by atoms with Crippen LogP contribution < -0.4 is 34.6 Å². The molecule has 0 heterocycles. The second kappa shape index (κ2) is 14.7. The molecule has 0 aliphatic rings. The van der Waals surface area contributed by atoms with E-state index in [2.05, 4.69) is 10.6 Å². The van der Waals surface area contributed by atoms with Gasteiger partial charge in [0.2, 0.25) is 0 Å². The van der Waals surface area contributed by atoms with Crippen molar-refractivity contribution >= 4 is 52.9 Å². The quantitative estimate of drug-likeness (QED) is 0.395. The molecule has 10 heteroatoms. The van der Waals surface area contributed by atoms with Crippen molar-refractivity contribution < 1.29 is 43.1 Å². The fraction of sp³-hybridized carbons (Fsp3) is 0.227. The van der Waals surface area contributed by atoms with Gasteiger partial charge in [0, 0.05) is 16.3 Å². The molecule has 2 N–H and O–H groups in total. The maximum absolute atomic E-state index is 12.6. The summed E-state index contributed by atoms with van der Waals surface area (Å²) in [6.45, 7) is 3.70. The van der Waals surface area contributed by atoms with Gasteiger partial charge in [0.05, 0.1) is 10.9 Å². The molecule has 0 spiro atoms. The molecule has 2 aromatic carbocycles. The average molecular weight is 467 g/mol. The van der Waals surface area contributed by atoms with Gasteiger partial charge >= 0.3 is 25.0 Å². The first-order valence-corrected chi connectivity index (χ1v) is 11.5. The zero-order valence-electron chi connectivity index (χ0n) is 18.2. The third-order valence-corrected chi connectivity index (χ3v) is 5.82. The normalized spacial score (nSPS) is 10.9. The molecule has 0 aliphatic carbocycles. The van der Waals surface area contributed by atoms with Gasteiger partial charge < -0.3 is 20.0 Å². The van der Waals surface area contributed by atoms with Crippen molar-refractivity contribution in [3.05, 3.63) is 70.0 Å². The summed E-state index contributed by atoms with van der Waals surface area (Å²) in [4.78, 5) is 36.0. The SMILES string of the molecule is CCS/C(C(=O)[O-])=C(\SCC)C(=O)Nc1ccc(COC(=O)Nc2ccccc2)cc1.[Li+]. The van der Waals surface area contributed by atoms with Crippen LogP contribution in [0.4, 0.5) is 16.2 Å². The number of rotatable bonds is 10. The van der Waals surface area contributed by atoms with Crippen LogP contribution in [0.25, 0.3) is 0 Å². The number of carbonyl (C=O) groups is 3. The van der Waals surface area contributed by atoms with Crippen molar-refractivity contribution in [3.8, 4) is 0 Å². The zero-order valence-corrected chi connectivity index (χ0v) is 19.8. The average Bonchev–Trinajstić information content (AvgIpc) is 2.76. The van der Waals surface area contributed by atoms with E-state index in [1.807, 2.05) is 13.0 Å². The first-order chi connectivity index (χ1) is 14.9. The molecule has 0 unspecified atom stereocenters. The van der Waals surface area contributed by atoms with Crippen LogP contribution >= 0.6 is 23.5 Å². The first kappa shape index (κ1) is 27.7. The van der Waals surface area contributed by atoms with Crippen molar-refractivity contribution in [2.45, 2.75) is 20.5 Å². The number of thioether (sulfide) groups is 2. The first-order valence-electron chi connectivity index (χ1n) is 9.54. The summed E-state index contributed by atoms with van der Waals surface area (Å²) in [7, 11) is 0. The van der Waals surface area contributed by atoms with Crippen molar-refractivity contribution in [1.29, 1.82) is 0 Å². The van der Waals surface area contributed by atoms with Crippen LogP contribution in [0.1, 0.15) is 19.4 Å². The number of carboxylic acids is 1.